The van der Waals surface area contributed by atoms with Gasteiger partial charge < -0.3 is 14.8 Å². The third kappa shape index (κ3) is 2.69. The standard InChI is InChI=1S/C21H22N4O/c26-21-18-14-17(25-13-12-24-10-8-16(25)9-11-24)6-7-19(18)22-20(23-21)15-4-2-1-3-5-15/h1-7,14,16H,8-13H2,(H,22,23,26). The lowest BCUT2D eigenvalue weighted by atomic mass is 10.0. The molecule has 3 aliphatic rings. The smallest absolute Gasteiger partial charge is 0.259 e. The quantitative estimate of drug-likeness (QED) is 0.775. The Balaban J connectivity index is 1.56. The van der Waals surface area contributed by atoms with Crippen molar-refractivity contribution in [3.8, 4) is 11.4 Å². The first-order valence-electron chi connectivity index (χ1n) is 9.36. The van der Waals surface area contributed by atoms with Crippen LogP contribution in [0.15, 0.2) is 53.3 Å². The molecule has 132 valence electrons. The first kappa shape index (κ1) is 15.6. The Kier molecular flexibility index (Phi) is 3.75. The molecule has 3 fully saturated rings. The second-order valence-electron chi connectivity index (χ2n) is 7.25. The molecule has 4 heterocycles. The monoisotopic (exact) mass is 346 g/mol. The topological polar surface area (TPSA) is 52.2 Å². The molecule has 0 atom stereocenters. The average molecular weight is 346 g/mol. The maximum Gasteiger partial charge on any atom is 0.259 e. The first-order valence-corrected chi connectivity index (χ1v) is 9.36. The van der Waals surface area contributed by atoms with Gasteiger partial charge in [0.2, 0.25) is 0 Å². The molecule has 6 rings (SSSR count). The van der Waals surface area contributed by atoms with E-state index in [4.69, 9.17) is 0 Å². The summed E-state index contributed by atoms with van der Waals surface area (Å²) in [4.78, 5) is 25.4. The number of nitrogens with zero attached hydrogens (tertiary/aromatic N) is 3. The van der Waals surface area contributed by atoms with E-state index < -0.39 is 0 Å². The highest BCUT2D eigenvalue weighted by Crippen LogP contribution is 2.28. The summed E-state index contributed by atoms with van der Waals surface area (Å²) >= 11 is 0. The number of H-pyrrole nitrogens is 1. The fraction of sp³-hybridized carbons (Fsp3) is 0.333. The van der Waals surface area contributed by atoms with Crippen LogP contribution < -0.4 is 10.5 Å². The van der Waals surface area contributed by atoms with Crippen LogP contribution in [0.25, 0.3) is 22.3 Å². The van der Waals surface area contributed by atoms with E-state index >= 15 is 0 Å². The highest BCUT2D eigenvalue weighted by molar-refractivity contribution is 5.83. The van der Waals surface area contributed by atoms with Crippen LogP contribution in [-0.2, 0) is 0 Å². The number of anilines is 1. The lowest BCUT2D eigenvalue weighted by molar-refractivity contribution is 0.250. The Labute approximate surface area is 152 Å². The lowest BCUT2D eigenvalue weighted by Crippen LogP contribution is -2.37. The fourth-order valence-corrected chi connectivity index (χ4v) is 4.26. The second kappa shape index (κ2) is 6.25. The van der Waals surface area contributed by atoms with Gasteiger partial charge in [0.1, 0.15) is 5.82 Å². The summed E-state index contributed by atoms with van der Waals surface area (Å²) in [5, 5.41) is 0.668. The van der Waals surface area contributed by atoms with E-state index in [1.165, 1.54) is 25.9 Å². The number of piperidine rings is 1. The Morgan fingerprint density at radius 2 is 1.77 bits per heavy atom. The SMILES string of the molecule is O=c1[nH]c(-c2ccccc2)nc2ccc(N3CCN4CCC3CC4)cc12. The molecule has 5 nitrogen and oxygen atoms in total. The van der Waals surface area contributed by atoms with Crippen LogP contribution in [0.5, 0.6) is 0 Å². The van der Waals surface area contributed by atoms with Gasteiger partial charge in [-0.3, -0.25) is 4.79 Å². The molecule has 0 amide bonds. The Hall–Kier alpha value is -2.66. The summed E-state index contributed by atoms with van der Waals surface area (Å²) in [6.45, 7) is 4.52. The van der Waals surface area contributed by atoms with E-state index in [-0.39, 0.29) is 5.56 Å². The minimum Gasteiger partial charge on any atom is -0.367 e. The number of hydrogen-bond acceptors (Lipinski definition) is 4. The molecule has 1 aromatic heterocycles. The van der Waals surface area contributed by atoms with Crippen molar-refractivity contribution >= 4 is 16.6 Å². The van der Waals surface area contributed by atoms with E-state index in [0.717, 1.165) is 29.9 Å². The predicted molar refractivity (Wildman–Crippen MR) is 105 cm³/mol. The molecule has 0 aliphatic carbocycles. The van der Waals surface area contributed by atoms with Crippen LogP contribution in [0.1, 0.15) is 12.8 Å². The van der Waals surface area contributed by atoms with Crippen LogP contribution in [0, 0.1) is 0 Å². The van der Waals surface area contributed by atoms with Gasteiger partial charge in [-0.05, 0) is 31.0 Å². The number of hydrogen-bond donors (Lipinski definition) is 1. The summed E-state index contributed by atoms with van der Waals surface area (Å²) < 4.78 is 0. The third-order valence-electron chi connectivity index (χ3n) is 5.72. The molecule has 0 saturated carbocycles. The molecule has 3 saturated heterocycles. The minimum absolute atomic E-state index is 0.0708. The van der Waals surface area contributed by atoms with E-state index in [9.17, 15) is 4.79 Å². The van der Waals surface area contributed by atoms with Gasteiger partial charge in [-0.1, -0.05) is 30.3 Å². The number of aromatic nitrogens is 2. The minimum atomic E-state index is -0.0708. The Morgan fingerprint density at radius 1 is 0.962 bits per heavy atom. The van der Waals surface area contributed by atoms with Gasteiger partial charge in [-0.2, -0.15) is 0 Å². The summed E-state index contributed by atoms with van der Waals surface area (Å²) in [7, 11) is 0. The van der Waals surface area contributed by atoms with Gasteiger partial charge in [-0.25, -0.2) is 4.98 Å². The van der Waals surface area contributed by atoms with Crippen LogP contribution in [0.3, 0.4) is 0 Å². The summed E-state index contributed by atoms with van der Waals surface area (Å²) in [6.07, 6.45) is 2.42. The molecular weight excluding hydrogens is 324 g/mol. The molecule has 3 aromatic rings. The Morgan fingerprint density at radius 3 is 2.58 bits per heavy atom. The average Bonchev–Trinajstić information content (AvgIpc) is 3.02. The summed E-state index contributed by atoms with van der Waals surface area (Å²) in [5.41, 5.74) is 2.75. The van der Waals surface area contributed by atoms with Gasteiger partial charge in [0, 0.05) is 43.5 Å². The molecule has 3 aliphatic heterocycles. The highest BCUT2D eigenvalue weighted by Gasteiger charge is 2.29. The second-order valence-corrected chi connectivity index (χ2v) is 7.25. The summed E-state index contributed by atoms with van der Waals surface area (Å²) in [6, 6.07) is 16.5. The van der Waals surface area contributed by atoms with Crippen LogP contribution >= 0.6 is 0 Å². The summed E-state index contributed by atoms with van der Waals surface area (Å²) in [5.74, 6) is 0.622. The number of fused-ring (bicyclic) bond motifs is 5. The molecular formula is C21H22N4O. The third-order valence-corrected chi connectivity index (χ3v) is 5.72. The maximum atomic E-state index is 12.7. The van der Waals surface area contributed by atoms with Crippen molar-refractivity contribution in [1.82, 2.24) is 14.9 Å². The largest absolute Gasteiger partial charge is 0.367 e. The molecule has 1 N–H and O–H groups in total. The number of nitrogens with one attached hydrogen (secondary N) is 1. The van der Waals surface area contributed by atoms with Crippen LogP contribution in [0.4, 0.5) is 5.69 Å². The van der Waals surface area contributed by atoms with Gasteiger partial charge in [0.05, 0.1) is 10.9 Å². The van der Waals surface area contributed by atoms with Crippen molar-refractivity contribution in [1.29, 1.82) is 0 Å². The van der Waals surface area contributed by atoms with E-state index in [1.54, 1.807) is 0 Å². The van der Waals surface area contributed by atoms with Gasteiger partial charge in [-0.15, -0.1) is 0 Å². The lowest BCUT2D eigenvalue weighted by Gasteiger charge is -2.33. The first-order chi connectivity index (χ1) is 12.8. The van der Waals surface area contributed by atoms with Crippen molar-refractivity contribution in [2.24, 2.45) is 0 Å². The molecule has 0 unspecified atom stereocenters. The van der Waals surface area contributed by atoms with Crippen molar-refractivity contribution < 1.29 is 0 Å². The fourth-order valence-electron chi connectivity index (χ4n) is 4.26. The van der Waals surface area contributed by atoms with E-state index in [2.05, 4.69) is 25.8 Å². The molecule has 2 bridgehead atoms. The van der Waals surface area contributed by atoms with Crippen LogP contribution in [0.2, 0.25) is 0 Å². The van der Waals surface area contributed by atoms with Crippen LogP contribution in [-0.4, -0.2) is 47.1 Å². The Bertz CT molecular complexity index is 990. The predicted octanol–water partition coefficient (Wildman–Crippen LogP) is 2.87. The number of rotatable bonds is 2. The zero-order chi connectivity index (χ0) is 17.5. The zero-order valence-electron chi connectivity index (χ0n) is 14.7. The number of aromatic amines is 1. The maximum absolute atomic E-state index is 12.7. The zero-order valence-corrected chi connectivity index (χ0v) is 14.7. The number of benzene rings is 2. The van der Waals surface area contributed by atoms with Crippen molar-refractivity contribution in [3.63, 3.8) is 0 Å². The molecule has 2 aromatic carbocycles. The molecule has 0 radical (unpaired) electrons. The molecule has 26 heavy (non-hydrogen) atoms. The van der Waals surface area contributed by atoms with Crippen molar-refractivity contribution in [3.05, 3.63) is 58.9 Å². The van der Waals surface area contributed by atoms with E-state index in [1.807, 2.05) is 42.5 Å². The highest BCUT2D eigenvalue weighted by atomic mass is 16.1. The normalized spacial score (nSPS) is 22.5. The molecule has 5 heteroatoms. The van der Waals surface area contributed by atoms with Gasteiger partial charge in [0.25, 0.3) is 5.56 Å². The molecule has 0 spiro atoms. The van der Waals surface area contributed by atoms with E-state index in [0.29, 0.717) is 17.3 Å². The van der Waals surface area contributed by atoms with Gasteiger partial charge >= 0.3 is 0 Å². The van der Waals surface area contributed by atoms with Crippen molar-refractivity contribution in [2.45, 2.75) is 18.9 Å². The van der Waals surface area contributed by atoms with Gasteiger partial charge in [0.15, 0.2) is 0 Å². The van der Waals surface area contributed by atoms with Crippen molar-refractivity contribution in [2.75, 3.05) is 31.1 Å².